The predicted octanol–water partition coefficient (Wildman–Crippen LogP) is 2.42. The summed E-state index contributed by atoms with van der Waals surface area (Å²) in [4.78, 5) is 11.9. The fourth-order valence-electron chi connectivity index (χ4n) is 2.60. The fourth-order valence-corrected chi connectivity index (χ4v) is 3.23. The zero-order valence-corrected chi connectivity index (χ0v) is 15.8. The number of anilines is 3. The van der Waals surface area contributed by atoms with Crippen molar-refractivity contribution in [3.8, 4) is 11.8 Å². The summed E-state index contributed by atoms with van der Waals surface area (Å²) in [5.41, 5.74) is 1.47. The van der Waals surface area contributed by atoms with Crippen LogP contribution in [0.3, 0.4) is 0 Å². The zero-order valence-electron chi connectivity index (χ0n) is 15.0. The molecule has 2 aromatic heterocycles. The molecule has 0 unspecified atom stereocenters. The second-order valence-electron chi connectivity index (χ2n) is 5.72. The molecular formula is C17H18N6O3S. The van der Waals surface area contributed by atoms with E-state index in [4.69, 9.17) is 4.74 Å². The van der Waals surface area contributed by atoms with E-state index in [1.165, 1.54) is 19.2 Å². The Hall–Kier alpha value is -3.32. The van der Waals surface area contributed by atoms with Crippen LogP contribution in [0.4, 0.5) is 17.5 Å². The Morgan fingerprint density at radius 1 is 1.33 bits per heavy atom. The number of nitrogens with zero attached hydrogens (tertiary/aromatic N) is 3. The van der Waals surface area contributed by atoms with Crippen molar-refractivity contribution in [1.82, 2.24) is 15.0 Å². The summed E-state index contributed by atoms with van der Waals surface area (Å²) in [7, 11) is -1.90. The molecule has 0 bridgehead atoms. The molecule has 0 aliphatic rings. The first-order chi connectivity index (χ1) is 12.9. The molecule has 0 aliphatic carbocycles. The lowest BCUT2D eigenvalue weighted by Crippen LogP contribution is -2.06. The number of ether oxygens (including phenoxy) is 1. The standard InChI is InChI=1S/C17H18N6O3S/c1-4-19-15-14-10(8-18)9-20-16(14)23-17(22-15)21-12-6-5-11(27(3,24)25)7-13(12)26-2/h5-7,9H,4H2,1-3H3,(H3,19,20,21,22,23). The normalized spacial score (nSPS) is 11.2. The van der Waals surface area contributed by atoms with Gasteiger partial charge < -0.3 is 20.4 Å². The first-order valence-electron chi connectivity index (χ1n) is 8.05. The van der Waals surface area contributed by atoms with Crippen LogP contribution in [0.5, 0.6) is 5.75 Å². The van der Waals surface area contributed by atoms with Gasteiger partial charge in [0.15, 0.2) is 9.84 Å². The molecule has 3 N–H and O–H groups in total. The smallest absolute Gasteiger partial charge is 0.231 e. The van der Waals surface area contributed by atoms with E-state index in [0.717, 1.165) is 6.26 Å². The summed E-state index contributed by atoms with van der Waals surface area (Å²) in [6.07, 6.45) is 2.71. The van der Waals surface area contributed by atoms with Gasteiger partial charge in [-0.25, -0.2) is 8.42 Å². The van der Waals surface area contributed by atoms with Crippen LogP contribution in [0.15, 0.2) is 29.3 Å². The molecule has 3 aromatic rings. The van der Waals surface area contributed by atoms with Crippen molar-refractivity contribution in [1.29, 1.82) is 5.26 Å². The Balaban J connectivity index is 2.05. The van der Waals surface area contributed by atoms with Crippen LogP contribution >= 0.6 is 0 Å². The number of hydrogen-bond donors (Lipinski definition) is 3. The molecule has 0 amide bonds. The van der Waals surface area contributed by atoms with Crippen LogP contribution < -0.4 is 15.4 Å². The molecule has 2 heterocycles. The van der Waals surface area contributed by atoms with E-state index in [0.29, 0.717) is 40.4 Å². The summed E-state index contributed by atoms with van der Waals surface area (Å²) in [6.45, 7) is 2.54. The minimum atomic E-state index is -3.35. The van der Waals surface area contributed by atoms with E-state index in [2.05, 4.69) is 31.7 Å². The Kier molecular flexibility index (Phi) is 4.87. The lowest BCUT2D eigenvalue weighted by molar-refractivity contribution is 0.415. The van der Waals surface area contributed by atoms with Gasteiger partial charge in [0.1, 0.15) is 23.3 Å². The number of benzene rings is 1. The van der Waals surface area contributed by atoms with Crippen molar-refractivity contribution in [2.24, 2.45) is 0 Å². The maximum Gasteiger partial charge on any atom is 0.231 e. The number of aromatic nitrogens is 3. The van der Waals surface area contributed by atoms with Gasteiger partial charge >= 0.3 is 0 Å². The van der Waals surface area contributed by atoms with Crippen molar-refractivity contribution in [2.45, 2.75) is 11.8 Å². The summed E-state index contributed by atoms with van der Waals surface area (Å²) in [5.74, 6) is 1.14. The fraction of sp³-hybridized carbons (Fsp3) is 0.235. The largest absolute Gasteiger partial charge is 0.495 e. The SMILES string of the molecule is CCNc1nc(Nc2ccc(S(C)(=O)=O)cc2OC)nc2[nH]cc(C#N)c12. The van der Waals surface area contributed by atoms with Gasteiger partial charge in [-0.15, -0.1) is 0 Å². The maximum absolute atomic E-state index is 11.7. The maximum atomic E-state index is 11.7. The third kappa shape index (κ3) is 3.63. The molecule has 0 atom stereocenters. The average molecular weight is 386 g/mol. The Bertz CT molecular complexity index is 1150. The lowest BCUT2D eigenvalue weighted by atomic mass is 10.2. The van der Waals surface area contributed by atoms with Crippen LogP contribution in [0.2, 0.25) is 0 Å². The molecule has 0 fully saturated rings. The second-order valence-corrected chi connectivity index (χ2v) is 7.74. The first-order valence-corrected chi connectivity index (χ1v) is 9.94. The minimum absolute atomic E-state index is 0.151. The molecule has 0 saturated heterocycles. The number of hydrogen-bond acceptors (Lipinski definition) is 8. The molecule has 9 nitrogen and oxygen atoms in total. The first kappa shape index (κ1) is 18.5. The Labute approximate surface area is 156 Å². The summed E-state index contributed by atoms with van der Waals surface area (Å²) < 4.78 is 28.7. The highest BCUT2D eigenvalue weighted by Crippen LogP contribution is 2.31. The third-order valence-electron chi connectivity index (χ3n) is 3.84. The number of sulfone groups is 1. The lowest BCUT2D eigenvalue weighted by Gasteiger charge is -2.13. The van der Waals surface area contributed by atoms with Crippen molar-refractivity contribution < 1.29 is 13.2 Å². The minimum Gasteiger partial charge on any atom is -0.495 e. The average Bonchev–Trinajstić information content (AvgIpc) is 3.04. The van der Waals surface area contributed by atoms with Gasteiger partial charge in [0.05, 0.1) is 28.6 Å². The quantitative estimate of drug-likeness (QED) is 0.588. The predicted molar refractivity (Wildman–Crippen MR) is 102 cm³/mol. The number of nitrogens with one attached hydrogen (secondary N) is 3. The number of H-pyrrole nitrogens is 1. The molecule has 0 radical (unpaired) electrons. The van der Waals surface area contributed by atoms with Gasteiger partial charge in [-0.3, -0.25) is 0 Å². The monoisotopic (exact) mass is 386 g/mol. The van der Waals surface area contributed by atoms with Crippen molar-refractivity contribution in [3.05, 3.63) is 30.0 Å². The van der Waals surface area contributed by atoms with Gasteiger partial charge in [0.25, 0.3) is 0 Å². The molecule has 3 rings (SSSR count). The number of aromatic amines is 1. The molecular weight excluding hydrogens is 368 g/mol. The van der Waals surface area contributed by atoms with E-state index in [1.54, 1.807) is 12.3 Å². The molecule has 27 heavy (non-hydrogen) atoms. The Morgan fingerprint density at radius 3 is 2.74 bits per heavy atom. The summed E-state index contributed by atoms with van der Waals surface area (Å²) in [6, 6.07) is 6.61. The zero-order chi connectivity index (χ0) is 19.6. The van der Waals surface area contributed by atoms with Crippen LogP contribution in [-0.2, 0) is 9.84 Å². The molecule has 0 spiro atoms. The number of nitriles is 1. The van der Waals surface area contributed by atoms with Crippen LogP contribution in [0, 0.1) is 11.3 Å². The van der Waals surface area contributed by atoms with Crippen molar-refractivity contribution in [3.63, 3.8) is 0 Å². The highest BCUT2D eigenvalue weighted by Gasteiger charge is 2.16. The number of rotatable bonds is 6. The molecule has 0 aliphatic heterocycles. The van der Waals surface area contributed by atoms with E-state index in [1.807, 2.05) is 6.92 Å². The molecule has 0 saturated carbocycles. The van der Waals surface area contributed by atoms with Crippen LogP contribution in [-0.4, -0.2) is 43.3 Å². The van der Waals surface area contributed by atoms with Crippen LogP contribution in [0.25, 0.3) is 11.0 Å². The highest BCUT2D eigenvalue weighted by atomic mass is 32.2. The summed E-state index contributed by atoms with van der Waals surface area (Å²) in [5, 5.41) is 16.0. The molecule has 10 heteroatoms. The van der Waals surface area contributed by atoms with Crippen molar-refractivity contribution >= 4 is 38.3 Å². The number of methoxy groups -OCH3 is 1. The van der Waals surface area contributed by atoms with Crippen LogP contribution in [0.1, 0.15) is 12.5 Å². The van der Waals surface area contributed by atoms with Gasteiger partial charge in [0, 0.05) is 25.1 Å². The van der Waals surface area contributed by atoms with Gasteiger partial charge in [-0.2, -0.15) is 15.2 Å². The number of fused-ring (bicyclic) bond motifs is 1. The molecule has 1 aromatic carbocycles. The van der Waals surface area contributed by atoms with E-state index < -0.39 is 9.84 Å². The topological polar surface area (TPSA) is 133 Å². The van der Waals surface area contributed by atoms with Gasteiger partial charge in [0.2, 0.25) is 5.95 Å². The summed E-state index contributed by atoms with van der Waals surface area (Å²) >= 11 is 0. The van der Waals surface area contributed by atoms with Crippen molar-refractivity contribution in [2.75, 3.05) is 30.5 Å². The molecule has 140 valence electrons. The Morgan fingerprint density at radius 2 is 2.11 bits per heavy atom. The van der Waals surface area contributed by atoms with Gasteiger partial charge in [-0.05, 0) is 19.1 Å². The van der Waals surface area contributed by atoms with Gasteiger partial charge in [-0.1, -0.05) is 0 Å². The third-order valence-corrected chi connectivity index (χ3v) is 4.95. The highest BCUT2D eigenvalue weighted by molar-refractivity contribution is 7.90. The van der Waals surface area contributed by atoms with E-state index in [-0.39, 0.29) is 10.8 Å². The van der Waals surface area contributed by atoms with E-state index in [9.17, 15) is 13.7 Å². The second kappa shape index (κ2) is 7.13. The van der Waals surface area contributed by atoms with E-state index >= 15 is 0 Å².